The van der Waals surface area contributed by atoms with Crippen molar-refractivity contribution in [3.63, 3.8) is 0 Å². The van der Waals surface area contributed by atoms with Gasteiger partial charge in [-0.2, -0.15) is 0 Å². The fraction of sp³-hybridized carbons (Fsp3) is 0.750. The molecule has 0 heterocycles. The lowest BCUT2D eigenvalue weighted by atomic mass is 9.86. The molecule has 1 N–H and O–H groups in total. The van der Waals surface area contributed by atoms with Crippen LogP contribution in [0.4, 0.5) is 0 Å². The summed E-state index contributed by atoms with van der Waals surface area (Å²) in [6.07, 6.45) is 0. The Bertz CT molecular complexity index is 248. The third kappa shape index (κ3) is 2.79. The summed E-state index contributed by atoms with van der Waals surface area (Å²) in [5, 5.41) is 19.1. The van der Waals surface area contributed by atoms with Gasteiger partial charge in [0.05, 0.1) is 0 Å². The zero-order chi connectivity index (χ0) is 11.5. The third-order valence-electron chi connectivity index (χ3n) is 2.32. The summed E-state index contributed by atoms with van der Waals surface area (Å²) in [5.74, 6) is -3.96. The highest BCUT2D eigenvalue weighted by Crippen LogP contribution is 2.18. The SMILES string of the molecule is CC(=O)C(C(=O)O)C(C)C(C)[N+](=O)[O-]. The maximum atomic E-state index is 11.0. The molecule has 0 bridgehead atoms. The van der Waals surface area contributed by atoms with E-state index in [1.165, 1.54) is 13.8 Å². The average molecular weight is 203 g/mol. The number of nitrogens with zero attached hydrogens (tertiary/aromatic N) is 1. The first-order valence-corrected chi connectivity index (χ1v) is 4.15. The number of ketones is 1. The van der Waals surface area contributed by atoms with Crippen LogP contribution >= 0.6 is 0 Å². The Hall–Kier alpha value is -1.46. The van der Waals surface area contributed by atoms with Crippen LogP contribution in [0.1, 0.15) is 20.8 Å². The predicted molar refractivity (Wildman–Crippen MR) is 47.4 cm³/mol. The molecule has 0 aliphatic rings. The van der Waals surface area contributed by atoms with Crippen molar-refractivity contribution in [2.75, 3.05) is 0 Å². The minimum absolute atomic E-state index is 0.557. The Kier molecular flexibility index (Phi) is 4.20. The Morgan fingerprint density at radius 3 is 2.00 bits per heavy atom. The lowest BCUT2D eigenvalue weighted by Gasteiger charge is -2.18. The van der Waals surface area contributed by atoms with Crippen molar-refractivity contribution in [3.05, 3.63) is 10.1 Å². The molecule has 0 rings (SSSR count). The molecule has 14 heavy (non-hydrogen) atoms. The standard InChI is InChI=1S/C8H13NO5/c1-4(5(2)9(13)14)7(6(3)10)8(11)12/h4-5,7H,1-3H3,(H,11,12). The highest BCUT2D eigenvalue weighted by molar-refractivity contribution is 5.97. The zero-order valence-corrected chi connectivity index (χ0v) is 8.26. The summed E-state index contributed by atoms with van der Waals surface area (Å²) in [6.45, 7) is 3.82. The van der Waals surface area contributed by atoms with Crippen molar-refractivity contribution in [2.45, 2.75) is 26.8 Å². The summed E-state index contributed by atoms with van der Waals surface area (Å²) < 4.78 is 0. The fourth-order valence-corrected chi connectivity index (χ4v) is 1.24. The number of carboxylic acid groups (broad SMARTS) is 1. The van der Waals surface area contributed by atoms with E-state index in [-0.39, 0.29) is 0 Å². The molecule has 3 atom stereocenters. The van der Waals surface area contributed by atoms with E-state index in [1.54, 1.807) is 0 Å². The van der Waals surface area contributed by atoms with Crippen LogP contribution < -0.4 is 0 Å². The normalized spacial score (nSPS) is 16.8. The van der Waals surface area contributed by atoms with E-state index in [0.717, 1.165) is 6.92 Å². The van der Waals surface area contributed by atoms with Crippen LogP contribution in [-0.2, 0) is 9.59 Å². The lowest BCUT2D eigenvalue weighted by molar-refractivity contribution is -0.527. The minimum atomic E-state index is -1.31. The van der Waals surface area contributed by atoms with Crippen LogP contribution in [0.25, 0.3) is 0 Å². The summed E-state index contributed by atoms with van der Waals surface area (Å²) in [4.78, 5) is 31.4. The van der Waals surface area contributed by atoms with Gasteiger partial charge in [0.15, 0.2) is 0 Å². The van der Waals surface area contributed by atoms with E-state index in [0.29, 0.717) is 0 Å². The van der Waals surface area contributed by atoms with Gasteiger partial charge in [-0.05, 0) is 6.92 Å². The number of Topliss-reactive ketones (excluding diaryl/α,β-unsaturated/α-hetero) is 1. The largest absolute Gasteiger partial charge is 0.481 e. The molecule has 0 aliphatic heterocycles. The first kappa shape index (κ1) is 12.5. The smallest absolute Gasteiger partial charge is 0.314 e. The molecule has 6 nitrogen and oxygen atoms in total. The van der Waals surface area contributed by atoms with E-state index < -0.39 is 34.6 Å². The molecule has 0 radical (unpaired) electrons. The molecule has 0 aromatic carbocycles. The van der Waals surface area contributed by atoms with Crippen LogP contribution in [0.3, 0.4) is 0 Å². The van der Waals surface area contributed by atoms with Gasteiger partial charge in [-0.1, -0.05) is 6.92 Å². The van der Waals surface area contributed by atoms with E-state index in [9.17, 15) is 19.7 Å². The second-order valence-corrected chi connectivity index (χ2v) is 3.31. The number of hydrogen-bond donors (Lipinski definition) is 1. The highest BCUT2D eigenvalue weighted by atomic mass is 16.6. The maximum Gasteiger partial charge on any atom is 0.314 e. The molecule has 0 aliphatic carbocycles. The monoisotopic (exact) mass is 203 g/mol. The van der Waals surface area contributed by atoms with Gasteiger partial charge in [-0.15, -0.1) is 0 Å². The predicted octanol–water partition coefficient (Wildman–Crippen LogP) is 0.578. The average Bonchev–Trinajstić information content (AvgIpc) is 2.01. The van der Waals surface area contributed by atoms with E-state index in [4.69, 9.17) is 5.11 Å². The molecule has 0 saturated carbocycles. The summed E-state index contributed by atoms with van der Waals surface area (Å²) in [5.41, 5.74) is 0. The number of carbonyl (C=O) groups is 2. The number of aliphatic carboxylic acids is 1. The maximum absolute atomic E-state index is 11.0. The van der Waals surface area contributed by atoms with Gasteiger partial charge in [0.2, 0.25) is 6.04 Å². The van der Waals surface area contributed by atoms with Crippen molar-refractivity contribution >= 4 is 11.8 Å². The quantitative estimate of drug-likeness (QED) is 0.400. The molecule has 0 spiro atoms. The van der Waals surface area contributed by atoms with Crippen molar-refractivity contribution < 1.29 is 19.6 Å². The highest BCUT2D eigenvalue weighted by Gasteiger charge is 2.37. The number of carbonyl (C=O) groups excluding carboxylic acids is 1. The molecular formula is C8H13NO5. The molecule has 80 valence electrons. The second kappa shape index (κ2) is 4.69. The van der Waals surface area contributed by atoms with Crippen LogP contribution in [-0.4, -0.2) is 27.8 Å². The van der Waals surface area contributed by atoms with Gasteiger partial charge in [-0.3, -0.25) is 19.7 Å². The first-order valence-electron chi connectivity index (χ1n) is 4.15. The Morgan fingerprint density at radius 1 is 1.36 bits per heavy atom. The number of carboxylic acids is 1. The van der Waals surface area contributed by atoms with Crippen molar-refractivity contribution in [1.29, 1.82) is 0 Å². The van der Waals surface area contributed by atoms with Gasteiger partial charge >= 0.3 is 5.97 Å². The fourth-order valence-electron chi connectivity index (χ4n) is 1.24. The molecule has 0 saturated heterocycles. The van der Waals surface area contributed by atoms with E-state index >= 15 is 0 Å². The third-order valence-corrected chi connectivity index (χ3v) is 2.32. The number of hydrogen-bond acceptors (Lipinski definition) is 4. The Balaban J connectivity index is 4.77. The lowest BCUT2D eigenvalue weighted by Crippen LogP contribution is -2.37. The van der Waals surface area contributed by atoms with Gasteiger partial charge in [0.25, 0.3) is 0 Å². The van der Waals surface area contributed by atoms with Gasteiger partial charge in [0.1, 0.15) is 11.7 Å². The van der Waals surface area contributed by atoms with Crippen LogP contribution in [0.15, 0.2) is 0 Å². The Labute approximate surface area is 81.1 Å². The molecular weight excluding hydrogens is 190 g/mol. The molecule has 3 unspecified atom stereocenters. The minimum Gasteiger partial charge on any atom is -0.481 e. The van der Waals surface area contributed by atoms with Gasteiger partial charge in [0, 0.05) is 17.8 Å². The number of rotatable bonds is 5. The van der Waals surface area contributed by atoms with Crippen molar-refractivity contribution in [1.82, 2.24) is 0 Å². The topological polar surface area (TPSA) is 97.5 Å². The Morgan fingerprint density at radius 2 is 1.79 bits per heavy atom. The number of nitro groups is 1. The van der Waals surface area contributed by atoms with Crippen LogP contribution in [0.5, 0.6) is 0 Å². The summed E-state index contributed by atoms with van der Waals surface area (Å²) in [7, 11) is 0. The van der Waals surface area contributed by atoms with Crippen LogP contribution in [0, 0.1) is 22.0 Å². The zero-order valence-electron chi connectivity index (χ0n) is 8.26. The van der Waals surface area contributed by atoms with Crippen molar-refractivity contribution in [2.24, 2.45) is 11.8 Å². The second-order valence-electron chi connectivity index (χ2n) is 3.31. The first-order chi connectivity index (χ1) is 6.29. The van der Waals surface area contributed by atoms with Gasteiger partial charge in [-0.25, -0.2) is 0 Å². The summed E-state index contributed by atoms with van der Waals surface area (Å²) >= 11 is 0. The van der Waals surface area contributed by atoms with Crippen LogP contribution in [0.2, 0.25) is 0 Å². The van der Waals surface area contributed by atoms with E-state index in [2.05, 4.69) is 0 Å². The molecule has 0 aromatic heterocycles. The molecule has 0 fully saturated rings. The van der Waals surface area contributed by atoms with Gasteiger partial charge < -0.3 is 5.11 Å². The summed E-state index contributed by atoms with van der Waals surface area (Å²) in [6, 6.07) is -1.04. The molecule has 0 aromatic rings. The molecule has 0 amide bonds. The molecule has 6 heteroatoms. The van der Waals surface area contributed by atoms with Crippen molar-refractivity contribution in [3.8, 4) is 0 Å². The van der Waals surface area contributed by atoms with E-state index in [1.807, 2.05) is 0 Å².